The lowest BCUT2D eigenvalue weighted by molar-refractivity contribution is -0.139. The van der Waals surface area contributed by atoms with Crippen LogP contribution in [0.25, 0.3) is 0 Å². The zero-order valence-electron chi connectivity index (χ0n) is 11.1. The zero-order chi connectivity index (χ0) is 17.5. The standard InChI is InChI=1S/C13H8ClF3O4S2/c14-23(20,21)12-8-10(6-7-11(12)13(15,16)17)22(18,19)9-4-2-1-3-5-9/h1-8H. The van der Waals surface area contributed by atoms with Crippen molar-refractivity contribution < 1.29 is 30.0 Å². The van der Waals surface area contributed by atoms with Crippen LogP contribution in [0.1, 0.15) is 5.56 Å². The van der Waals surface area contributed by atoms with Gasteiger partial charge in [0.2, 0.25) is 9.84 Å². The van der Waals surface area contributed by atoms with E-state index in [1.807, 2.05) is 0 Å². The molecule has 0 saturated heterocycles. The third-order valence-electron chi connectivity index (χ3n) is 2.88. The van der Waals surface area contributed by atoms with Crippen LogP contribution in [0.3, 0.4) is 0 Å². The molecule has 0 N–H and O–H groups in total. The molecule has 0 aliphatic carbocycles. The van der Waals surface area contributed by atoms with E-state index in [4.69, 9.17) is 10.7 Å². The van der Waals surface area contributed by atoms with Gasteiger partial charge in [0.25, 0.3) is 9.05 Å². The lowest BCUT2D eigenvalue weighted by atomic mass is 10.2. The van der Waals surface area contributed by atoms with Gasteiger partial charge in [-0.25, -0.2) is 16.8 Å². The van der Waals surface area contributed by atoms with E-state index >= 15 is 0 Å². The lowest BCUT2D eigenvalue weighted by Gasteiger charge is -2.12. The Morgan fingerprint density at radius 3 is 1.87 bits per heavy atom. The van der Waals surface area contributed by atoms with E-state index in [1.54, 1.807) is 6.07 Å². The van der Waals surface area contributed by atoms with E-state index in [1.165, 1.54) is 24.3 Å². The van der Waals surface area contributed by atoms with Crippen LogP contribution in [-0.2, 0) is 25.1 Å². The van der Waals surface area contributed by atoms with Gasteiger partial charge in [-0.1, -0.05) is 18.2 Å². The fourth-order valence-corrected chi connectivity index (χ4v) is 4.32. The number of sulfone groups is 1. The molecule has 4 nitrogen and oxygen atoms in total. The topological polar surface area (TPSA) is 68.3 Å². The van der Waals surface area contributed by atoms with Crippen LogP contribution in [0.2, 0.25) is 0 Å². The predicted molar refractivity (Wildman–Crippen MR) is 76.4 cm³/mol. The fourth-order valence-electron chi connectivity index (χ4n) is 1.84. The molecule has 0 spiro atoms. The summed E-state index contributed by atoms with van der Waals surface area (Å²) in [5.41, 5.74) is -1.53. The third-order valence-corrected chi connectivity index (χ3v) is 6.01. The normalized spacial score (nSPS) is 13.0. The number of benzene rings is 2. The second-order valence-corrected chi connectivity index (χ2v) is 8.89. The van der Waals surface area contributed by atoms with Crippen LogP contribution in [-0.4, -0.2) is 16.8 Å². The van der Waals surface area contributed by atoms with E-state index in [0.717, 1.165) is 0 Å². The van der Waals surface area contributed by atoms with Crippen molar-refractivity contribution in [3.8, 4) is 0 Å². The van der Waals surface area contributed by atoms with Crippen molar-refractivity contribution in [2.24, 2.45) is 0 Å². The first-order valence-corrected chi connectivity index (χ1v) is 9.69. The van der Waals surface area contributed by atoms with Crippen LogP contribution >= 0.6 is 10.7 Å². The highest BCUT2D eigenvalue weighted by Gasteiger charge is 2.37. The summed E-state index contributed by atoms with van der Waals surface area (Å²) in [4.78, 5) is -2.09. The Bertz CT molecular complexity index is 937. The second kappa shape index (κ2) is 5.81. The summed E-state index contributed by atoms with van der Waals surface area (Å²) in [5.74, 6) is 0. The molecule has 0 amide bonds. The second-order valence-electron chi connectivity index (χ2n) is 4.41. The van der Waals surface area contributed by atoms with E-state index in [0.29, 0.717) is 18.2 Å². The number of halogens is 4. The lowest BCUT2D eigenvalue weighted by Crippen LogP contribution is -2.12. The molecule has 10 heteroatoms. The van der Waals surface area contributed by atoms with Crippen molar-refractivity contribution >= 4 is 29.6 Å². The molecule has 0 saturated carbocycles. The largest absolute Gasteiger partial charge is 0.417 e. The molecule has 0 aromatic heterocycles. The number of alkyl halides is 3. The smallest absolute Gasteiger partial charge is 0.219 e. The van der Waals surface area contributed by atoms with Gasteiger partial charge < -0.3 is 0 Å². The molecule has 0 aliphatic heterocycles. The molecule has 0 bridgehead atoms. The van der Waals surface area contributed by atoms with Crippen molar-refractivity contribution in [3.05, 3.63) is 54.1 Å². The molecule has 2 aromatic rings. The number of hydrogen-bond donors (Lipinski definition) is 0. The quantitative estimate of drug-likeness (QED) is 0.760. The third kappa shape index (κ3) is 3.67. The highest BCUT2D eigenvalue weighted by Crippen LogP contribution is 2.37. The van der Waals surface area contributed by atoms with Gasteiger partial charge in [0.1, 0.15) is 0 Å². The minimum atomic E-state index is -4.99. The van der Waals surface area contributed by atoms with Gasteiger partial charge >= 0.3 is 6.18 Å². The molecule has 0 atom stereocenters. The maximum Gasteiger partial charge on any atom is 0.417 e. The van der Waals surface area contributed by atoms with Crippen LogP contribution < -0.4 is 0 Å². The van der Waals surface area contributed by atoms with E-state index in [-0.39, 0.29) is 4.90 Å². The molecular weight excluding hydrogens is 377 g/mol. The van der Waals surface area contributed by atoms with Gasteiger partial charge in [0, 0.05) is 10.7 Å². The Labute approximate surface area is 134 Å². The molecule has 0 radical (unpaired) electrons. The SMILES string of the molecule is O=S(=O)(Cl)c1cc(S(=O)(=O)c2ccccc2)ccc1C(F)(F)F. The average Bonchev–Trinajstić information content (AvgIpc) is 2.45. The minimum Gasteiger partial charge on any atom is -0.219 e. The van der Waals surface area contributed by atoms with Gasteiger partial charge in [-0.05, 0) is 30.3 Å². The van der Waals surface area contributed by atoms with Crippen molar-refractivity contribution in [2.75, 3.05) is 0 Å². The van der Waals surface area contributed by atoms with Crippen LogP contribution in [0.4, 0.5) is 13.2 Å². The van der Waals surface area contributed by atoms with E-state index in [9.17, 15) is 30.0 Å². The van der Waals surface area contributed by atoms with E-state index < -0.39 is 40.4 Å². The Morgan fingerprint density at radius 2 is 1.39 bits per heavy atom. The van der Waals surface area contributed by atoms with Gasteiger partial charge in [-0.2, -0.15) is 13.2 Å². The molecular formula is C13H8ClF3O4S2. The maximum atomic E-state index is 12.9. The maximum absolute atomic E-state index is 12.9. The summed E-state index contributed by atoms with van der Waals surface area (Å²) in [6, 6.07) is 8.37. The van der Waals surface area contributed by atoms with Crippen molar-refractivity contribution in [1.29, 1.82) is 0 Å². The predicted octanol–water partition coefficient (Wildman–Crippen LogP) is 3.47. The first-order valence-electron chi connectivity index (χ1n) is 5.90. The summed E-state index contributed by atoms with van der Waals surface area (Å²) < 4.78 is 86.1. The van der Waals surface area contributed by atoms with Crippen molar-refractivity contribution in [3.63, 3.8) is 0 Å². The molecule has 2 rings (SSSR count). The van der Waals surface area contributed by atoms with Gasteiger partial charge in [-0.15, -0.1) is 0 Å². The Balaban J connectivity index is 2.73. The van der Waals surface area contributed by atoms with Gasteiger partial charge in [0.15, 0.2) is 0 Å². The van der Waals surface area contributed by atoms with Crippen LogP contribution in [0.15, 0.2) is 63.2 Å². The van der Waals surface area contributed by atoms with Crippen LogP contribution in [0, 0.1) is 0 Å². The average molecular weight is 385 g/mol. The summed E-state index contributed by atoms with van der Waals surface area (Å²) in [7, 11) is -3.95. The molecule has 124 valence electrons. The Kier molecular flexibility index (Phi) is 4.49. The number of hydrogen-bond acceptors (Lipinski definition) is 4. The highest BCUT2D eigenvalue weighted by atomic mass is 35.7. The Morgan fingerprint density at radius 1 is 0.826 bits per heavy atom. The Hall–Kier alpha value is -1.58. The fraction of sp³-hybridized carbons (Fsp3) is 0.0769. The molecule has 0 fully saturated rings. The molecule has 23 heavy (non-hydrogen) atoms. The highest BCUT2D eigenvalue weighted by molar-refractivity contribution is 8.13. The van der Waals surface area contributed by atoms with E-state index in [2.05, 4.69) is 0 Å². The first kappa shape index (κ1) is 17.8. The minimum absolute atomic E-state index is 0.183. The summed E-state index contributed by atoms with van der Waals surface area (Å²) in [6.07, 6.45) is -4.99. The summed E-state index contributed by atoms with van der Waals surface area (Å²) in [5, 5.41) is 0. The molecule has 2 aromatic carbocycles. The zero-order valence-corrected chi connectivity index (χ0v) is 13.5. The molecule has 0 unspecified atom stereocenters. The summed E-state index contributed by atoms with van der Waals surface area (Å²) in [6.45, 7) is 0. The van der Waals surface area contributed by atoms with Crippen LogP contribution in [0.5, 0.6) is 0 Å². The monoisotopic (exact) mass is 384 g/mol. The first-order chi connectivity index (χ1) is 10.4. The summed E-state index contributed by atoms with van der Waals surface area (Å²) >= 11 is 0. The molecule has 0 heterocycles. The van der Waals surface area contributed by atoms with Gasteiger partial charge in [0.05, 0.1) is 20.2 Å². The number of rotatable bonds is 3. The van der Waals surface area contributed by atoms with Crippen molar-refractivity contribution in [2.45, 2.75) is 20.9 Å². The molecule has 0 aliphatic rings. The van der Waals surface area contributed by atoms with Crippen molar-refractivity contribution in [1.82, 2.24) is 0 Å². The van der Waals surface area contributed by atoms with Gasteiger partial charge in [-0.3, -0.25) is 0 Å².